The fraction of sp³-hybridized carbons (Fsp3) is 0.333. The molecule has 1 unspecified atom stereocenters. The van der Waals surface area contributed by atoms with Crippen molar-refractivity contribution in [2.24, 2.45) is 5.73 Å². The molecule has 0 aliphatic rings. The van der Waals surface area contributed by atoms with Gasteiger partial charge in [0.25, 0.3) is 0 Å². The molecule has 3 heteroatoms. The van der Waals surface area contributed by atoms with Crippen LogP contribution in [0.15, 0.2) is 42.5 Å². The molecule has 2 rings (SSSR count). The molecule has 0 heterocycles. The average Bonchev–Trinajstić information content (AvgIpc) is 2.46. The lowest BCUT2D eigenvalue weighted by Gasteiger charge is -2.17. The minimum absolute atomic E-state index is 0.135. The van der Waals surface area contributed by atoms with Gasteiger partial charge in [0.15, 0.2) is 0 Å². The van der Waals surface area contributed by atoms with Crippen LogP contribution in [0.4, 0.5) is 0 Å². The minimum Gasteiger partial charge on any atom is -0.491 e. The molecule has 2 aromatic carbocycles. The third-order valence-electron chi connectivity index (χ3n) is 3.56. The number of hydrogen-bond donors (Lipinski definition) is 1. The van der Waals surface area contributed by atoms with Crippen molar-refractivity contribution in [1.29, 1.82) is 0 Å². The van der Waals surface area contributed by atoms with Crippen molar-refractivity contribution in [2.75, 3.05) is 6.61 Å². The van der Waals surface area contributed by atoms with Crippen LogP contribution >= 0.6 is 11.6 Å². The number of aryl methyl sites for hydroxylation is 1. The van der Waals surface area contributed by atoms with Gasteiger partial charge in [0.05, 0.1) is 6.04 Å². The molecule has 0 saturated heterocycles. The van der Waals surface area contributed by atoms with Crippen LogP contribution in [-0.4, -0.2) is 6.61 Å². The first-order valence-electron chi connectivity index (χ1n) is 7.22. The fourth-order valence-electron chi connectivity index (χ4n) is 2.24. The zero-order chi connectivity index (χ0) is 15.4. The number of nitrogens with two attached hydrogens (primary N) is 1. The fourth-order valence-corrected chi connectivity index (χ4v) is 2.68. The van der Waals surface area contributed by atoms with E-state index in [0.717, 1.165) is 27.5 Å². The Hall–Kier alpha value is -1.51. The van der Waals surface area contributed by atoms with Crippen molar-refractivity contribution < 1.29 is 4.74 Å². The molecule has 0 radical (unpaired) electrons. The van der Waals surface area contributed by atoms with Crippen LogP contribution in [0.1, 0.15) is 42.5 Å². The van der Waals surface area contributed by atoms with Crippen LogP contribution in [-0.2, 0) is 0 Å². The number of hydrogen-bond acceptors (Lipinski definition) is 2. The van der Waals surface area contributed by atoms with Crippen LogP contribution in [0.2, 0.25) is 5.02 Å². The molecule has 112 valence electrons. The van der Waals surface area contributed by atoms with E-state index in [2.05, 4.69) is 13.8 Å². The summed E-state index contributed by atoms with van der Waals surface area (Å²) in [6.45, 7) is 6.69. The van der Waals surface area contributed by atoms with E-state index in [-0.39, 0.29) is 6.04 Å². The van der Waals surface area contributed by atoms with Gasteiger partial charge in [-0.2, -0.15) is 0 Å². The molecular formula is C18H22ClNO. The first-order valence-corrected chi connectivity index (χ1v) is 7.60. The summed E-state index contributed by atoms with van der Waals surface area (Å²) < 4.78 is 5.92. The SMILES string of the molecule is Cc1cc(Cl)c(C(C)C)cc1OCC(N)c1ccccc1. The van der Waals surface area contributed by atoms with E-state index in [9.17, 15) is 0 Å². The standard InChI is InChI=1S/C18H22ClNO/c1-12(2)15-10-18(13(3)9-16(15)19)21-11-17(20)14-7-5-4-6-8-14/h4-10,12,17H,11,20H2,1-3H3. The number of ether oxygens (including phenoxy) is 1. The van der Waals surface area contributed by atoms with Crippen LogP contribution in [0, 0.1) is 6.92 Å². The highest BCUT2D eigenvalue weighted by molar-refractivity contribution is 6.31. The third-order valence-corrected chi connectivity index (χ3v) is 3.89. The minimum atomic E-state index is -0.135. The molecule has 0 saturated carbocycles. The monoisotopic (exact) mass is 303 g/mol. The maximum absolute atomic E-state index is 6.27. The molecule has 0 aromatic heterocycles. The van der Waals surface area contributed by atoms with E-state index >= 15 is 0 Å². The topological polar surface area (TPSA) is 35.2 Å². The molecule has 0 bridgehead atoms. The van der Waals surface area contributed by atoms with Gasteiger partial charge in [-0.15, -0.1) is 0 Å². The molecule has 0 amide bonds. The van der Waals surface area contributed by atoms with E-state index in [4.69, 9.17) is 22.1 Å². The molecule has 0 aliphatic heterocycles. The van der Waals surface area contributed by atoms with Gasteiger partial charge in [-0.05, 0) is 41.7 Å². The normalized spacial score (nSPS) is 12.5. The quantitative estimate of drug-likeness (QED) is 0.857. The Kier molecular flexibility index (Phi) is 5.27. The Morgan fingerprint density at radius 3 is 2.43 bits per heavy atom. The van der Waals surface area contributed by atoms with Crippen LogP contribution in [0.3, 0.4) is 0 Å². The third kappa shape index (κ3) is 3.99. The Morgan fingerprint density at radius 2 is 1.81 bits per heavy atom. The Labute approximate surface area is 131 Å². The Bertz CT molecular complexity index is 596. The predicted octanol–water partition coefficient (Wildman–Crippen LogP) is 4.85. The van der Waals surface area contributed by atoms with E-state index in [1.54, 1.807) is 0 Å². The second kappa shape index (κ2) is 6.97. The predicted molar refractivity (Wildman–Crippen MR) is 89.1 cm³/mol. The summed E-state index contributed by atoms with van der Waals surface area (Å²) in [5.41, 5.74) is 9.38. The molecule has 2 aromatic rings. The summed E-state index contributed by atoms with van der Waals surface area (Å²) in [6, 6.07) is 13.8. The zero-order valence-electron chi connectivity index (χ0n) is 12.8. The van der Waals surface area contributed by atoms with Gasteiger partial charge in [0, 0.05) is 5.02 Å². The number of rotatable bonds is 5. The van der Waals surface area contributed by atoms with Crippen molar-refractivity contribution in [3.63, 3.8) is 0 Å². The van der Waals surface area contributed by atoms with Crippen molar-refractivity contribution in [1.82, 2.24) is 0 Å². The Balaban J connectivity index is 2.11. The van der Waals surface area contributed by atoms with Gasteiger partial charge in [-0.1, -0.05) is 55.8 Å². The maximum atomic E-state index is 6.27. The second-order valence-corrected chi connectivity index (χ2v) is 6.03. The molecule has 0 spiro atoms. The van der Waals surface area contributed by atoms with E-state index in [1.165, 1.54) is 0 Å². The molecule has 2 N–H and O–H groups in total. The Morgan fingerprint density at radius 1 is 1.14 bits per heavy atom. The molecular weight excluding hydrogens is 282 g/mol. The molecule has 21 heavy (non-hydrogen) atoms. The summed E-state index contributed by atoms with van der Waals surface area (Å²) in [5, 5.41) is 0.794. The smallest absolute Gasteiger partial charge is 0.122 e. The highest BCUT2D eigenvalue weighted by atomic mass is 35.5. The van der Waals surface area contributed by atoms with Gasteiger partial charge >= 0.3 is 0 Å². The number of halogens is 1. The van der Waals surface area contributed by atoms with Crippen LogP contribution < -0.4 is 10.5 Å². The van der Waals surface area contributed by atoms with E-state index in [1.807, 2.05) is 49.4 Å². The summed E-state index contributed by atoms with van der Waals surface area (Å²) in [7, 11) is 0. The second-order valence-electron chi connectivity index (χ2n) is 5.62. The van der Waals surface area contributed by atoms with E-state index in [0.29, 0.717) is 12.5 Å². The summed E-state index contributed by atoms with van der Waals surface area (Å²) in [6.07, 6.45) is 0. The van der Waals surface area contributed by atoms with Gasteiger partial charge in [0.1, 0.15) is 12.4 Å². The van der Waals surface area contributed by atoms with Crippen molar-refractivity contribution >= 4 is 11.6 Å². The summed E-state index contributed by atoms with van der Waals surface area (Å²) >= 11 is 6.27. The molecule has 2 nitrogen and oxygen atoms in total. The maximum Gasteiger partial charge on any atom is 0.122 e. The average molecular weight is 304 g/mol. The van der Waals surface area contributed by atoms with Gasteiger partial charge in [-0.25, -0.2) is 0 Å². The summed E-state index contributed by atoms with van der Waals surface area (Å²) in [4.78, 5) is 0. The van der Waals surface area contributed by atoms with E-state index < -0.39 is 0 Å². The molecule has 0 fully saturated rings. The van der Waals surface area contributed by atoms with Gasteiger partial charge in [-0.3, -0.25) is 0 Å². The number of benzene rings is 2. The van der Waals surface area contributed by atoms with Crippen molar-refractivity contribution in [3.05, 3.63) is 64.2 Å². The lowest BCUT2D eigenvalue weighted by atomic mass is 10.0. The first-order chi connectivity index (χ1) is 9.99. The van der Waals surface area contributed by atoms with Crippen LogP contribution in [0.25, 0.3) is 0 Å². The van der Waals surface area contributed by atoms with Gasteiger partial charge < -0.3 is 10.5 Å². The summed E-state index contributed by atoms with van der Waals surface area (Å²) in [5.74, 6) is 1.22. The highest BCUT2D eigenvalue weighted by Crippen LogP contribution is 2.31. The zero-order valence-corrected chi connectivity index (χ0v) is 13.5. The van der Waals surface area contributed by atoms with Gasteiger partial charge in [0.2, 0.25) is 0 Å². The highest BCUT2D eigenvalue weighted by Gasteiger charge is 2.12. The molecule has 1 atom stereocenters. The lowest BCUT2D eigenvalue weighted by molar-refractivity contribution is 0.288. The first kappa shape index (κ1) is 15.9. The van der Waals surface area contributed by atoms with Crippen molar-refractivity contribution in [3.8, 4) is 5.75 Å². The van der Waals surface area contributed by atoms with Crippen molar-refractivity contribution in [2.45, 2.75) is 32.7 Å². The largest absolute Gasteiger partial charge is 0.491 e. The van der Waals surface area contributed by atoms with Crippen LogP contribution in [0.5, 0.6) is 5.75 Å². The lowest BCUT2D eigenvalue weighted by Crippen LogP contribution is -2.19. The molecule has 0 aliphatic carbocycles.